The third-order valence-electron chi connectivity index (χ3n) is 3.83. The SMILES string of the molecule is C=CC1CCC(C)OC1.C=CCOCCCOCCCOC(=O)CC(=C)C. The molecule has 5 nitrogen and oxygen atoms in total. The van der Waals surface area contributed by atoms with E-state index in [0.717, 1.165) is 25.0 Å². The maximum atomic E-state index is 11.1. The fraction of sp³-hybridized carbons (Fsp3) is 0.682. The Morgan fingerprint density at radius 1 is 1.11 bits per heavy atom. The molecule has 0 radical (unpaired) electrons. The number of ether oxygens (including phenoxy) is 4. The van der Waals surface area contributed by atoms with Crippen LogP contribution < -0.4 is 0 Å². The average Bonchev–Trinajstić information content (AvgIpc) is 2.64. The van der Waals surface area contributed by atoms with Gasteiger partial charge in [0.15, 0.2) is 0 Å². The van der Waals surface area contributed by atoms with Crippen LogP contribution >= 0.6 is 0 Å². The van der Waals surface area contributed by atoms with Gasteiger partial charge in [0.25, 0.3) is 0 Å². The molecule has 0 amide bonds. The van der Waals surface area contributed by atoms with E-state index in [4.69, 9.17) is 18.9 Å². The summed E-state index contributed by atoms with van der Waals surface area (Å²) < 4.78 is 21.0. The topological polar surface area (TPSA) is 54.0 Å². The Labute approximate surface area is 165 Å². The van der Waals surface area contributed by atoms with Crippen LogP contribution in [-0.2, 0) is 23.7 Å². The van der Waals surface area contributed by atoms with Crippen molar-refractivity contribution in [3.63, 3.8) is 0 Å². The van der Waals surface area contributed by atoms with E-state index in [1.165, 1.54) is 12.8 Å². The van der Waals surface area contributed by atoms with Crippen molar-refractivity contribution >= 4 is 5.97 Å². The number of carbonyl (C=O) groups excluding carboxylic acids is 1. The Morgan fingerprint density at radius 3 is 2.33 bits per heavy atom. The van der Waals surface area contributed by atoms with E-state index in [1.54, 1.807) is 13.0 Å². The molecule has 5 heteroatoms. The van der Waals surface area contributed by atoms with Crippen molar-refractivity contribution in [3.05, 3.63) is 37.5 Å². The first-order chi connectivity index (χ1) is 13.0. The second-order valence-electron chi connectivity index (χ2n) is 6.75. The van der Waals surface area contributed by atoms with Crippen LogP contribution in [0, 0.1) is 5.92 Å². The summed E-state index contributed by atoms with van der Waals surface area (Å²) in [6.07, 6.45) is 8.51. The summed E-state index contributed by atoms with van der Waals surface area (Å²) in [6.45, 7) is 18.7. The van der Waals surface area contributed by atoms with Crippen molar-refractivity contribution in [1.82, 2.24) is 0 Å². The molecule has 1 heterocycles. The molecule has 0 saturated carbocycles. The highest BCUT2D eigenvalue weighted by molar-refractivity contribution is 5.72. The summed E-state index contributed by atoms with van der Waals surface area (Å²) >= 11 is 0. The molecule has 0 aromatic carbocycles. The summed E-state index contributed by atoms with van der Waals surface area (Å²) in [6, 6.07) is 0. The molecule has 1 aliphatic rings. The number of hydrogen-bond donors (Lipinski definition) is 0. The Hall–Kier alpha value is -1.43. The van der Waals surface area contributed by atoms with Crippen LogP contribution in [0.3, 0.4) is 0 Å². The van der Waals surface area contributed by atoms with Gasteiger partial charge in [-0.3, -0.25) is 4.79 Å². The highest BCUT2D eigenvalue weighted by Crippen LogP contribution is 2.18. The monoisotopic (exact) mass is 382 g/mol. The molecule has 0 bridgehead atoms. The van der Waals surface area contributed by atoms with Crippen molar-refractivity contribution in [1.29, 1.82) is 0 Å². The summed E-state index contributed by atoms with van der Waals surface area (Å²) in [5.74, 6) is 0.390. The van der Waals surface area contributed by atoms with Crippen molar-refractivity contribution in [2.45, 2.75) is 52.1 Å². The predicted molar refractivity (Wildman–Crippen MR) is 110 cm³/mol. The van der Waals surface area contributed by atoms with Crippen LogP contribution in [0.4, 0.5) is 0 Å². The Morgan fingerprint density at radius 2 is 1.78 bits per heavy atom. The van der Waals surface area contributed by atoms with Gasteiger partial charge in [0.1, 0.15) is 0 Å². The number of carbonyl (C=O) groups is 1. The lowest BCUT2D eigenvalue weighted by atomic mass is 10.00. The first-order valence-electron chi connectivity index (χ1n) is 9.80. The summed E-state index contributed by atoms with van der Waals surface area (Å²) in [5.41, 5.74) is 0.816. The molecule has 1 rings (SSSR count). The molecule has 1 aliphatic heterocycles. The minimum atomic E-state index is -0.222. The maximum Gasteiger partial charge on any atom is 0.309 e. The fourth-order valence-electron chi connectivity index (χ4n) is 2.27. The summed E-state index contributed by atoms with van der Waals surface area (Å²) in [5, 5.41) is 0. The van der Waals surface area contributed by atoms with Gasteiger partial charge in [-0.25, -0.2) is 0 Å². The summed E-state index contributed by atoms with van der Waals surface area (Å²) in [7, 11) is 0. The number of rotatable bonds is 13. The zero-order chi connectivity index (χ0) is 20.3. The highest BCUT2D eigenvalue weighted by atomic mass is 16.5. The van der Waals surface area contributed by atoms with Gasteiger partial charge >= 0.3 is 5.97 Å². The molecule has 0 spiro atoms. The maximum absolute atomic E-state index is 11.1. The standard InChI is InChI=1S/C14H24O4.C8H14O/c1-4-7-16-8-5-9-17-10-6-11-18-14(15)12-13(2)3;1-3-8-5-4-7(2)9-6-8/h4H,1-2,5-12H2,3H3;3,7-8H,1,4-6H2,2H3. The Bertz CT molecular complexity index is 411. The van der Waals surface area contributed by atoms with E-state index < -0.39 is 0 Å². The second kappa shape index (κ2) is 18.0. The smallest absolute Gasteiger partial charge is 0.309 e. The molecular formula is C22H38O5. The zero-order valence-electron chi connectivity index (χ0n) is 17.3. The van der Waals surface area contributed by atoms with Crippen LogP contribution in [0.2, 0.25) is 0 Å². The van der Waals surface area contributed by atoms with Crippen LogP contribution in [-0.4, -0.2) is 51.7 Å². The molecule has 0 aromatic heterocycles. The van der Waals surface area contributed by atoms with Crippen molar-refractivity contribution < 1.29 is 23.7 Å². The lowest BCUT2D eigenvalue weighted by molar-refractivity contribution is -0.143. The third-order valence-corrected chi connectivity index (χ3v) is 3.83. The van der Waals surface area contributed by atoms with Crippen LogP contribution in [0.5, 0.6) is 0 Å². The van der Waals surface area contributed by atoms with E-state index in [-0.39, 0.29) is 5.97 Å². The number of esters is 1. The molecule has 1 saturated heterocycles. The predicted octanol–water partition coefficient (Wildman–Crippen LogP) is 4.48. The molecule has 0 N–H and O–H groups in total. The molecule has 2 atom stereocenters. The fourth-order valence-corrected chi connectivity index (χ4v) is 2.27. The first-order valence-corrected chi connectivity index (χ1v) is 9.80. The minimum absolute atomic E-state index is 0.222. The third kappa shape index (κ3) is 17.7. The normalized spacial score (nSPS) is 18.7. The lowest BCUT2D eigenvalue weighted by Crippen LogP contribution is -2.21. The summed E-state index contributed by atoms with van der Waals surface area (Å²) in [4.78, 5) is 11.1. The van der Waals surface area contributed by atoms with Crippen molar-refractivity contribution in [2.75, 3.05) is 39.6 Å². The highest BCUT2D eigenvalue weighted by Gasteiger charge is 2.14. The zero-order valence-corrected chi connectivity index (χ0v) is 17.3. The van der Waals surface area contributed by atoms with Crippen molar-refractivity contribution in [2.24, 2.45) is 5.92 Å². The van der Waals surface area contributed by atoms with Gasteiger partial charge in [-0.2, -0.15) is 0 Å². The lowest BCUT2D eigenvalue weighted by Gasteiger charge is -2.24. The molecule has 27 heavy (non-hydrogen) atoms. The van der Waals surface area contributed by atoms with Crippen LogP contribution in [0.1, 0.15) is 46.0 Å². The van der Waals surface area contributed by atoms with E-state index in [1.807, 2.05) is 6.08 Å². The minimum Gasteiger partial charge on any atom is -0.465 e. The second-order valence-corrected chi connectivity index (χ2v) is 6.75. The van der Waals surface area contributed by atoms with Crippen LogP contribution in [0.15, 0.2) is 37.5 Å². The largest absolute Gasteiger partial charge is 0.465 e. The molecule has 156 valence electrons. The van der Waals surface area contributed by atoms with Gasteiger partial charge in [-0.05, 0) is 33.1 Å². The quantitative estimate of drug-likeness (QED) is 0.267. The van der Waals surface area contributed by atoms with E-state index in [0.29, 0.717) is 51.5 Å². The Balaban J connectivity index is 0.000000621. The average molecular weight is 383 g/mol. The van der Waals surface area contributed by atoms with E-state index in [2.05, 4.69) is 26.7 Å². The van der Waals surface area contributed by atoms with Gasteiger partial charge in [-0.15, -0.1) is 13.2 Å². The Kier molecular flexibility index (Phi) is 17.0. The molecule has 0 aromatic rings. The van der Waals surface area contributed by atoms with Gasteiger partial charge < -0.3 is 18.9 Å². The van der Waals surface area contributed by atoms with Crippen molar-refractivity contribution in [3.8, 4) is 0 Å². The van der Waals surface area contributed by atoms with Gasteiger partial charge in [0, 0.05) is 32.2 Å². The molecule has 0 aliphatic carbocycles. The van der Waals surface area contributed by atoms with Gasteiger partial charge in [0.2, 0.25) is 0 Å². The van der Waals surface area contributed by atoms with Crippen LogP contribution in [0.25, 0.3) is 0 Å². The molecule has 2 unspecified atom stereocenters. The van der Waals surface area contributed by atoms with Gasteiger partial charge in [-0.1, -0.05) is 24.3 Å². The first kappa shape index (κ1) is 25.6. The molecular weight excluding hydrogens is 344 g/mol. The van der Waals surface area contributed by atoms with E-state index >= 15 is 0 Å². The molecule has 1 fully saturated rings. The van der Waals surface area contributed by atoms with Gasteiger partial charge in [0.05, 0.1) is 32.3 Å². The number of hydrogen-bond acceptors (Lipinski definition) is 5. The van der Waals surface area contributed by atoms with E-state index in [9.17, 15) is 4.79 Å².